The number of aromatic nitrogens is 5. The third-order valence-electron chi connectivity index (χ3n) is 2.63. The highest BCUT2D eigenvalue weighted by molar-refractivity contribution is 6.05. The third kappa shape index (κ3) is 1.81. The zero-order valence-electron chi connectivity index (χ0n) is 9.34. The molecular weight excluding hydrogens is 232 g/mol. The van der Waals surface area contributed by atoms with E-state index in [-0.39, 0.29) is 12.5 Å². The maximum Gasteiger partial charge on any atom is 0.253 e. The van der Waals surface area contributed by atoms with Crippen LogP contribution in [0.15, 0.2) is 30.5 Å². The average molecular weight is 242 g/mol. The van der Waals surface area contributed by atoms with Crippen LogP contribution in [0.4, 0.5) is 0 Å². The lowest BCUT2D eigenvalue weighted by Crippen LogP contribution is -2.23. The molecule has 0 bridgehead atoms. The minimum atomic E-state index is -0.173. The Morgan fingerprint density at radius 1 is 1.33 bits per heavy atom. The Balaban J connectivity index is 1.81. The number of benzene rings is 1. The number of para-hydroxylation sites is 1. The predicted octanol–water partition coefficient (Wildman–Crippen LogP) is 0.611. The van der Waals surface area contributed by atoms with Gasteiger partial charge in [-0.2, -0.15) is 5.21 Å². The molecule has 2 aromatic heterocycles. The van der Waals surface area contributed by atoms with E-state index in [2.05, 4.69) is 30.9 Å². The van der Waals surface area contributed by atoms with Crippen molar-refractivity contribution in [1.29, 1.82) is 0 Å². The van der Waals surface area contributed by atoms with Gasteiger partial charge in [0.05, 0.1) is 17.6 Å². The SMILES string of the molecule is O=C(NCc1nn[nH]n1)c1cccc2cc[nH]c12. The fraction of sp³-hybridized carbons (Fsp3) is 0.0909. The van der Waals surface area contributed by atoms with Gasteiger partial charge in [0, 0.05) is 11.6 Å². The van der Waals surface area contributed by atoms with Crippen LogP contribution in [0.5, 0.6) is 0 Å². The highest BCUT2D eigenvalue weighted by Crippen LogP contribution is 2.16. The number of carbonyl (C=O) groups excluding carboxylic acids is 1. The largest absolute Gasteiger partial charge is 0.361 e. The molecule has 0 saturated heterocycles. The molecule has 18 heavy (non-hydrogen) atoms. The minimum Gasteiger partial charge on any atom is -0.361 e. The van der Waals surface area contributed by atoms with Crippen molar-refractivity contribution in [3.8, 4) is 0 Å². The molecule has 0 unspecified atom stereocenters. The molecule has 0 spiro atoms. The Labute approximate surface area is 102 Å². The monoisotopic (exact) mass is 242 g/mol. The van der Waals surface area contributed by atoms with Crippen LogP contribution in [0.3, 0.4) is 0 Å². The fourth-order valence-corrected chi connectivity index (χ4v) is 1.79. The van der Waals surface area contributed by atoms with Crippen molar-refractivity contribution < 1.29 is 4.79 Å². The molecule has 0 fully saturated rings. The van der Waals surface area contributed by atoms with Crippen molar-refractivity contribution in [2.45, 2.75) is 6.54 Å². The number of fused-ring (bicyclic) bond motifs is 1. The van der Waals surface area contributed by atoms with E-state index in [9.17, 15) is 4.79 Å². The van der Waals surface area contributed by atoms with E-state index in [0.717, 1.165) is 10.9 Å². The Morgan fingerprint density at radius 3 is 3.11 bits per heavy atom. The average Bonchev–Trinajstić information content (AvgIpc) is 3.05. The number of rotatable bonds is 3. The lowest BCUT2D eigenvalue weighted by molar-refractivity contribution is 0.0951. The molecule has 3 aromatic rings. The van der Waals surface area contributed by atoms with E-state index in [1.807, 2.05) is 18.2 Å². The molecule has 0 saturated carbocycles. The van der Waals surface area contributed by atoms with Crippen molar-refractivity contribution in [3.63, 3.8) is 0 Å². The summed E-state index contributed by atoms with van der Waals surface area (Å²) < 4.78 is 0. The van der Waals surface area contributed by atoms with Crippen LogP contribution in [-0.4, -0.2) is 31.5 Å². The summed E-state index contributed by atoms with van der Waals surface area (Å²) in [4.78, 5) is 15.1. The van der Waals surface area contributed by atoms with E-state index in [1.54, 1.807) is 12.3 Å². The first-order chi connectivity index (χ1) is 8.84. The normalized spacial score (nSPS) is 10.7. The molecule has 3 N–H and O–H groups in total. The van der Waals surface area contributed by atoms with Gasteiger partial charge in [0.15, 0.2) is 5.82 Å². The van der Waals surface area contributed by atoms with Gasteiger partial charge in [0.1, 0.15) is 0 Å². The number of amides is 1. The Hall–Kier alpha value is -2.70. The van der Waals surface area contributed by atoms with Crippen LogP contribution < -0.4 is 5.32 Å². The molecule has 90 valence electrons. The molecule has 1 amide bonds. The molecular formula is C11H10N6O. The van der Waals surface area contributed by atoms with Crippen LogP contribution >= 0.6 is 0 Å². The number of H-pyrrole nitrogens is 2. The second-order valence-corrected chi connectivity index (χ2v) is 3.76. The predicted molar refractivity (Wildman–Crippen MR) is 63.6 cm³/mol. The van der Waals surface area contributed by atoms with Crippen molar-refractivity contribution in [2.24, 2.45) is 0 Å². The lowest BCUT2D eigenvalue weighted by Gasteiger charge is -2.03. The second-order valence-electron chi connectivity index (χ2n) is 3.76. The second kappa shape index (κ2) is 4.28. The minimum absolute atomic E-state index is 0.173. The summed E-state index contributed by atoms with van der Waals surface area (Å²) in [5.74, 6) is 0.273. The maximum atomic E-state index is 12.0. The first-order valence-corrected chi connectivity index (χ1v) is 5.41. The van der Waals surface area contributed by atoms with Crippen molar-refractivity contribution >= 4 is 16.8 Å². The standard InChI is InChI=1S/C11H10N6O/c18-11(13-6-9-14-16-17-15-9)8-3-1-2-7-4-5-12-10(7)8/h1-5,12H,6H2,(H,13,18)(H,14,15,16,17). The van der Waals surface area contributed by atoms with Crippen LogP contribution in [0.25, 0.3) is 10.9 Å². The molecule has 1 aromatic carbocycles. The lowest BCUT2D eigenvalue weighted by atomic mass is 10.1. The summed E-state index contributed by atoms with van der Waals surface area (Å²) in [6, 6.07) is 7.48. The first kappa shape index (κ1) is 10.5. The number of hydrogen-bond acceptors (Lipinski definition) is 4. The van der Waals surface area contributed by atoms with Gasteiger partial charge in [-0.1, -0.05) is 17.3 Å². The molecule has 0 radical (unpaired) electrons. The number of nitrogens with one attached hydrogen (secondary N) is 3. The van der Waals surface area contributed by atoms with E-state index in [1.165, 1.54) is 0 Å². The number of tetrazole rings is 1. The van der Waals surface area contributed by atoms with E-state index >= 15 is 0 Å². The molecule has 3 rings (SSSR count). The van der Waals surface area contributed by atoms with Gasteiger partial charge in [0.2, 0.25) is 0 Å². The van der Waals surface area contributed by atoms with E-state index in [0.29, 0.717) is 11.4 Å². The van der Waals surface area contributed by atoms with Crippen molar-refractivity contribution in [2.75, 3.05) is 0 Å². The summed E-state index contributed by atoms with van der Waals surface area (Å²) in [6.07, 6.45) is 1.81. The summed E-state index contributed by atoms with van der Waals surface area (Å²) >= 11 is 0. The Bertz CT molecular complexity index is 672. The van der Waals surface area contributed by atoms with Gasteiger partial charge >= 0.3 is 0 Å². The third-order valence-corrected chi connectivity index (χ3v) is 2.63. The van der Waals surface area contributed by atoms with Gasteiger partial charge in [0.25, 0.3) is 5.91 Å². The topological polar surface area (TPSA) is 99.3 Å². The smallest absolute Gasteiger partial charge is 0.253 e. The molecule has 0 atom stereocenters. The quantitative estimate of drug-likeness (QED) is 0.626. The summed E-state index contributed by atoms with van der Waals surface area (Å²) in [5, 5.41) is 17.0. The van der Waals surface area contributed by atoms with Gasteiger partial charge < -0.3 is 10.3 Å². The van der Waals surface area contributed by atoms with Crippen LogP contribution in [0.1, 0.15) is 16.2 Å². The molecule has 7 heteroatoms. The molecule has 0 aliphatic carbocycles. The highest BCUT2D eigenvalue weighted by Gasteiger charge is 2.10. The highest BCUT2D eigenvalue weighted by atomic mass is 16.1. The zero-order valence-corrected chi connectivity index (χ0v) is 9.34. The van der Waals surface area contributed by atoms with E-state index < -0.39 is 0 Å². The van der Waals surface area contributed by atoms with Gasteiger partial charge in [-0.3, -0.25) is 4.79 Å². The van der Waals surface area contributed by atoms with E-state index in [4.69, 9.17) is 0 Å². The first-order valence-electron chi connectivity index (χ1n) is 5.41. The van der Waals surface area contributed by atoms with Gasteiger partial charge in [-0.15, -0.1) is 10.2 Å². The molecule has 0 aliphatic rings. The van der Waals surface area contributed by atoms with Crippen LogP contribution in [0, 0.1) is 0 Å². The van der Waals surface area contributed by atoms with Crippen LogP contribution in [-0.2, 0) is 6.54 Å². The molecule has 0 aliphatic heterocycles. The Kier molecular flexibility index (Phi) is 2.49. The Morgan fingerprint density at radius 2 is 2.28 bits per heavy atom. The van der Waals surface area contributed by atoms with Gasteiger partial charge in [-0.25, -0.2) is 0 Å². The zero-order chi connectivity index (χ0) is 12.4. The van der Waals surface area contributed by atoms with Crippen molar-refractivity contribution in [1.82, 2.24) is 30.9 Å². The van der Waals surface area contributed by atoms with Gasteiger partial charge in [-0.05, 0) is 12.1 Å². The van der Waals surface area contributed by atoms with Crippen molar-refractivity contribution in [3.05, 3.63) is 41.9 Å². The fourth-order valence-electron chi connectivity index (χ4n) is 1.79. The number of carbonyl (C=O) groups is 1. The summed E-state index contributed by atoms with van der Waals surface area (Å²) in [6.45, 7) is 0.242. The molecule has 7 nitrogen and oxygen atoms in total. The molecule has 2 heterocycles. The van der Waals surface area contributed by atoms with Crippen LogP contribution in [0.2, 0.25) is 0 Å². The summed E-state index contributed by atoms with van der Waals surface area (Å²) in [7, 11) is 0. The number of nitrogens with zero attached hydrogens (tertiary/aromatic N) is 3. The maximum absolute atomic E-state index is 12.0. The number of aromatic amines is 2. The number of hydrogen-bond donors (Lipinski definition) is 3. The summed E-state index contributed by atoms with van der Waals surface area (Å²) in [5.41, 5.74) is 1.42.